The van der Waals surface area contributed by atoms with Crippen LogP contribution < -0.4 is 9.76 Å². The topological polar surface area (TPSA) is 54.0 Å². The molecule has 0 unspecified atom stereocenters. The number of anilines is 1. The third kappa shape index (κ3) is 3.41. The van der Waals surface area contributed by atoms with Crippen LogP contribution in [0, 0.1) is 0 Å². The number of carbonyl (C=O) groups is 1. The van der Waals surface area contributed by atoms with Gasteiger partial charge in [0.25, 0.3) is 0 Å². The number of fused-ring (bicyclic) bond motifs is 1. The second-order valence-corrected chi connectivity index (χ2v) is 11.9. The van der Waals surface area contributed by atoms with Crippen LogP contribution >= 0.6 is 19.1 Å². The molecule has 2 heterocycles. The predicted molar refractivity (Wildman–Crippen MR) is 104 cm³/mol. The number of rotatable bonds is 3. The van der Waals surface area contributed by atoms with Crippen LogP contribution in [0.2, 0.25) is 0 Å². The molecule has 0 atom stereocenters. The van der Waals surface area contributed by atoms with Crippen LogP contribution in [0.15, 0.2) is 24.3 Å². The molecule has 6 nitrogen and oxygen atoms in total. The van der Waals surface area contributed by atoms with Gasteiger partial charge in [0.2, 0.25) is 0 Å². The molecule has 1 amide bonds. The molecular formula is C17H15ClF12N3O3P. The number of hydrogen-bond donors (Lipinski definition) is 1. The van der Waals surface area contributed by atoms with Gasteiger partial charge in [0.05, 0.1) is 0 Å². The number of hydrogen-bond acceptors (Lipinski definition) is 5. The van der Waals surface area contributed by atoms with E-state index in [0.29, 0.717) is 14.1 Å². The minimum absolute atomic E-state index is 0.0976. The fraction of sp³-hybridized carbons (Fsp3) is 0.588. The predicted octanol–water partition coefficient (Wildman–Crippen LogP) is 5.94. The summed E-state index contributed by atoms with van der Waals surface area (Å²) in [4.78, 5) is 13.1. The number of para-hydroxylation sites is 1. The van der Waals surface area contributed by atoms with E-state index < -0.39 is 73.0 Å². The summed E-state index contributed by atoms with van der Waals surface area (Å²) in [5.41, 5.74) is -15.4. The summed E-state index contributed by atoms with van der Waals surface area (Å²) in [5.74, 6) is -2.37. The van der Waals surface area contributed by atoms with Crippen molar-refractivity contribution in [1.82, 2.24) is 9.76 Å². The summed E-state index contributed by atoms with van der Waals surface area (Å²) in [5, 5.41) is 1.71. The van der Waals surface area contributed by atoms with Crippen LogP contribution in [0.5, 0.6) is 0 Å². The van der Waals surface area contributed by atoms with Gasteiger partial charge < -0.3 is 0 Å². The Bertz CT molecular complexity index is 1020. The zero-order chi connectivity index (χ0) is 28.7. The molecule has 1 aromatic carbocycles. The van der Waals surface area contributed by atoms with Crippen molar-refractivity contribution in [2.75, 3.05) is 31.2 Å². The second kappa shape index (κ2) is 8.13. The summed E-state index contributed by atoms with van der Waals surface area (Å²) in [6, 6.07) is 4.09. The van der Waals surface area contributed by atoms with E-state index in [2.05, 4.69) is 9.05 Å². The number of nitrogens with zero attached hydrogens (tertiary/aromatic N) is 2. The van der Waals surface area contributed by atoms with Crippen molar-refractivity contribution in [3.05, 3.63) is 29.8 Å². The Labute approximate surface area is 204 Å². The standard InChI is InChI=1S/C17H15ClF12N3O3P/c1-32-10-6-4-3-5-9(10)11(34)33(2)37(32,31-8-7-18)35-12(14(19,20)21,15(22,23)24)13(36-37,16(25,26)27)17(28,29)30/h3-6,31H,7-8H2,1-2H3. The van der Waals surface area contributed by atoms with E-state index in [1.165, 1.54) is 6.07 Å². The van der Waals surface area contributed by atoms with Crippen LogP contribution in [-0.2, 0) is 9.05 Å². The van der Waals surface area contributed by atoms with Crippen LogP contribution in [0.3, 0.4) is 0 Å². The van der Waals surface area contributed by atoms with Crippen LogP contribution in [0.25, 0.3) is 0 Å². The van der Waals surface area contributed by atoms with Gasteiger partial charge in [0, 0.05) is 0 Å². The summed E-state index contributed by atoms with van der Waals surface area (Å²) in [6.45, 7) is -1.05. The van der Waals surface area contributed by atoms with Crippen LogP contribution in [0.1, 0.15) is 10.4 Å². The van der Waals surface area contributed by atoms with E-state index in [9.17, 15) is 57.5 Å². The van der Waals surface area contributed by atoms with Crippen molar-refractivity contribution in [2.45, 2.75) is 35.9 Å². The fourth-order valence-electron chi connectivity index (χ4n) is 4.39. The molecule has 3 rings (SSSR count). The van der Waals surface area contributed by atoms with Gasteiger partial charge in [-0.25, -0.2) is 0 Å². The van der Waals surface area contributed by atoms with Crippen molar-refractivity contribution in [1.29, 1.82) is 0 Å². The first-order valence-corrected chi connectivity index (χ1v) is 12.2. The first kappa shape index (κ1) is 29.8. The molecule has 2 aliphatic rings. The van der Waals surface area contributed by atoms with Gasteiger partial charge in [0.1, 0.15) is 0 Å². The van der Waals surface area contributed by atoms with E-state index in [0.717, 1.165) is 18.2 Å². The molecule has 0 aromatic heterocycles. The van der Waals surface area contributed by atoms with Crippen molar-refractivity contribution in [3.8, 4) is 0 Å². The Morgan fingerprint density at radius 3 is 1.59 bits per heavy atom. The first-order valence-electron chi connectivity index (χ1n) is 9.66. The van der Waals surface area contributed by atoms with E-state index in [4.69, 9.17) is 11.6 Å². The molecule has 0 saturated carbocycles. The summed E-state index contributed by atoms with van der Waals surface area (Å²) >= 11 is 5.45. The molecule has 2 aliphatic heterocycles. The van der Waals surface area contributed by atoms with Crippen molar-refractivity contribution < 1.29 is 66.5 Å². The molecule has 0 radical (unpaired) electrons. The van der Waals surface area contributed by atoms with Crippen molar-refractivity contribution in [3.63, 3.8) is 0 Å². The Morgan fingerprint density at radius 2 is 1.22 bits per heavy atom. The second-order valence-electron chi connectivity index (χ2n) is 7.88. The quantitative estimate of drug-likeness (QED) is 0.264. The molecule has 37 heavy (non-hydrogen) atoms. The molecule has 1 spiro atoms. The van der Waals surface area contributed by atoms with Crippen molar-refractivity contribution in [2.24, 2.45) is 0 Å². The number of halogens is 13. The van der Waals surface area contributed by atoms with Gasteiger partial charge in [-0.3, -0.25) is 0 Å². The maximum atomic E-state index is 14.3. The summed E-state index contributed by atoms with van der Waals surface area (Å²) in [6.07, 6.45) is -29.8. The van der Waals surface area contributed by atoms with Crippen molar-refractivity contribution >= 4 is 30.7 Å². The Morgan fingerprint density at radius 1 is 0.811 bits per heavy atom. The number of alkyl halides is 13. The molecular weight excluding hydrogens is 589 g/mol. The van der Waals surface area contributed by atoms with Gasteiger partial charge in [0.15, 0.2) is 0 Å². The maximum absolute atomic E-state index is 14.3. The third-order valence-electron chi connectivity index (χ3n) is 6.01. The number of amides is 1. The van der Waals surface area contributed by atoms with Crippen LogP contribution in [-0.4, -0.2) is 73.0 Å². The van der Waals surface area contributed by atoms with Gasteiger partial charge in [-0.1, -0.05) is 0 Å². The van der Waals surface area contributed by atoms with E-state index in [1.54, 1.807) is 5.09 Å². The van der Waals surface area contributed by atoms with Gasteiger partial charge in [-0.15, -0.1) is 0 Å². The molecule has 1 fully saturated rings. The molecule has 1 saturated heterocycles. The first-order chi connectivity index (χ1) is 16.5. The molecule has 212 valence electrons. The Hall–Kier alpha value is -1.75. The SMILES string of the molecule is CN1C(=O)c2ccccc2N(C)P12(NCCCl)OC(C(F)(F)F)(C(F)(F)F)C(C(F)(F)F)(C(F)(F)F)O2. The molecule has 1 N–H and O–H groups in total. The van der Waals surface area contributed by atoms with Gasteiger partial charge in [-0.2, -0.15) is 0 Å². The average Bonchev–Trinajstić information content (AvgIpc) is 3.08. The Kier molecular flexibility index (Phi) is 6.55. The molecule has 20 heteroatoms. The zero-order valence-corrected chi connectivity index (χ0v) is 19.9. The normalized spacial score (nSPS) is 24.1. The van der Waals surface area contributed by atoms with E-state index in [-0.39, 0.29) is 9.34 Å². The minimum atomic E-state index is -7.46. The van der Waals surface area contributed by atoms with E-state index in [1.807, 2.05) is 0 Å². The summed E-state index contributed by atoms with van der Waals surface area (Å²) < 4.78 is 179. The van der Waals surface area contributed by atoms with Gasteiger partial charge in [-0.05, 0) is 0 Å². The molecule has 1 aromatic rings. The Balaban J connectivity index is 2.65. The third-order valence-corrected chi connectivity index (χ3v) is 10.7. The number of nitrogens with one attached hydrogen (secondary N) is 1. The molecule has 0 bridgehead atoms. The monoisotopic (exact) mass is 603 g/mol. The number of carbonyl (C=O) groups excluding carboxylic acids is 1. The van der Waals surface area contributed by atoms with Gasteiger partial charge >= 0.3 is 204 Å². The van der Waals surface area contributed by atoms with Crippen LogP contribution in [0.4, 0.5) is 58.4 Å². The number of benzene rings is 1. The average molecular weight is 604 g/mol. The molecule has 0 aliphatic carbocycles. The zero-order valence-electron chi connectivity index (χ0n) is 18.2. The fourth-order valence-corrected chi connectivity index (χ4v) is 9.23. The summed E-state index contributed by atoms with van der Waals surface area (Å²) in [7, 11) is -6.36. The van der Waals surface area contributed by atoms with E-state index >= 15 is 0 Å².